The molecule has 3 nitrogen and oxygen atoms in total. The molecule has 1 aromatic carbocycles. The van der Waals surface area contributed by atoms with Crippen LogP contribution in [0.15, 0.2) is 23.7 Å². The Balaban J connectivity index is 1.94. The number of hydrogen-bond acceptors (Lipinski definition) is 4. The molecule has 0 bridgehead atoms. The molecule has 1 unspecified atom stereocenters. The van der Waals surface area contributed by atoms with Crippen LogP contribution in [0.1, 0.15) is 20.8 Å². The fourth-order valence-electron chi connectivity index (χ4n) is 1.92. The van der Waals surface area contributed by atoms with Crippen molar-refractivity contribution in [2.45, 2.75) is 32.5 Å². The summed E-state index contributed by atoms with van der Waals surface area (Å²) in [7, 11) is -0.272. The molecular weight excluding hydrogens is 233 g/mol. The maximum atomic E-state index is 5.93. The summed E-state index contributed by atoms with van der Waals surface area (Å²) in [5.74, 6) is 0. The Labute approximate surface area is 105 Å². The Kier molecular flexibility index (Phi) is 2.50. The number of thiazole rings is 1. The lowest BCUT2D eigenvalue weighted by Gasteiger charge is -2.21. The highest BCUT2D eigenvalue weighted by molar-refractivity contribution is 7.16. The minimum absolute atomic E-state index is 0.0960. The Morgan fingerprint density at radius 1 is 1.41 bits per heavy atom. The minimum atomic E-state index is -0.272. The van der Waals surface area contributed by atoms with Gasteiger partial charge in [-0.3, -0.25) is 0 Å². The lowest BCUT2D eigenvalue weighted by atomic mass is 9.79. The number of rotatable bonds is 1. The number of fused-ring (bicyclic) bond motifs is 1. The second kappa shape index (κ2) is 3.80. The predicted molar refractivity (Wildman–Crippen MR) is 70.7 cm³/mol. The quantitative estimate of drug-likeness (QED) is 0.724. The molecule has 17 heavy (non-hydrogen) atoms. The van der Waals surface area contributed by atoms with Crippen LogP contribution in [-0.4, -0.2) is 23.8 Å². The van der Waals surface area contributed by atoms with Gasteiger partial charge in [-0.1, -0.05) is 6.07 Å². The number of aromatic nitrogens is 1. The van der Waals surface area contributed by atoms with Gasteiger partial charge in [-0.2, -0.15) is 0 Å². The molecule has 2 heterocycles. The highest BCUT2D eigenvalue weighted by Gasteiger charge is 2.43. The van der Waals surface area contributed by atoms with E-state index in [4.69, 9.17) is 9.31 Å². The van der Waals surface area contributed by atoms with Crippen molar-refractivity contribution in [2.24, 2.45) is 0 Å². The van der Waals surface area contributed by atoms with E-state index in [-0.39, 0.29) is 18.8 Å². The van der Waals surface area contributed by atoms with Crippen molar-refractivity contribution in [3.8, 4) is 0 Å². The van der Waals surface area contributed by atoms with E-state index >= 15 is 0 Å². The summed E-state index contributed by atoms with van der Waals surface area (Å²) in [6, 6.07) is 6.18. The van der Waals surface area contributed by atoms with E-state index in [1.54, 1.807) is 11.3 Å². The van der Waals surface area contributed by atoms with Crippen molar-refractivity contribution in [3.63, 3.8) is 0 Å². The van der Waals surface area contributed by atoms with Crippen LogP contribution in [0.25, 0.3) is 10.2 Å². The zero-order valence-corrected chi connectivity index (χ0v) is 11.0. The van der Waals surface area contributed by atoms with Gasteiger partial charge in [-0.05, 0) is 38.4 Å². The van der Waals surface area contributed by atoms with Gasteiger partial charge in [-0.15, -0.1) is 11.3 Å². The topological polar surface area (TPSA) is 31.4 Å². The first-order chi connectivity index (χ1) is 8.06. The Bertz CT molecular complexity index is 554. The Morgan fingerprint density at radius 2 is 2.24 bits per heavy atom. The van der Waals surface area contributed by atoms with Crippen molar-refractivity contribution in [3.05, 3.63) is 23.7 Å². The van der Waals surface area contributed by atoms with Gasteiger partial charge in [0.2, 0.25) is 0 Å². The molecule has 0 amide bonds. The molecule has 0 spiro atoms. The third-order valence-corrected chi connectivity index (χ3v) is 4.15. The van der Waals surface area contributed by atoms with Gasteiger partial charge in [0.15, 0.2) is 0 Å². The zero-order chi connectivity index (χ0) is 12.0. The molecule has 2 aromatic rings. The van der Waals surface area contributed by atoms with Crippen LogP contribution in [0.5, 0.6) is 0 Å². The Morgan fingerprint density at radius 3 is 2.94 bits per heavy atom. The molecule has 1 saturated heterocycles. The molecule has 3 rings (SSSR count). The minimum Gasteiger partial charge on any atom is -0.402 e. The lowest BCUT2D eigenvalue weighted by molar-refractivity contribution is 0.0842. The van der Waals surface area contributed by atoms with Crippen LogP contribution in [0.3, 0.4) is 0 Å². The Hall–Kier alpha value is -0.905. The van der Waals surface area contributed by atoms with E-state index in [9.17, 15) is 0 Å². The monoisotopic (exact) mass is 247 g/mol. The number of benzene rings is 1. The van der Waals surface area contributed by atoms with E-state index in [0.717, 1.165) is 11.0 Å². The summed E-state index contributed by atoms with van der Waals surface area (Å²) in [6.45, 7) is 6.15. The van der Waals surface area contributed by atoms with Crippen LogP contribution < -0.4 is 5.46 Å². The third kappa shape index (κ3) is 1.88. The normalized spacial score (nSPS) is 23.5. The number of hydrogen-bond donors (Lipinski definition) is 0. The summed E-state index contributed by atoms with van der Waals surface area (Å²) in [6.07, 6.45) is 0.0960. The molecule has 88 valence electrons. The first-order valence-corrected chi connectivity index (χ1v) is 6.61. The molecule has 1 fully saturated rings. The predicted octanol–water partition coefficient (Wildman–Crippen LogP) is 2.21. The summed E-state index contributed by atoms with van der Waals surface area (Å²) in [5, 5.41) is 0. The summed E-state index contributed by atoms with van der Waals surface area (Å²) in [4.78, 5) is 4.31. The van der Waals surface area contributed by atoms with Crippen molar-refractivity contribution >= 4 is 34.1 Å². The van der Waals surface area contributed by atoms with Gasteiger partial charge in [0.1, 0.15) is 0 Å². The maximum Gasteiger partial charge on any atom is 0.494 e. The third-order valence-electron chi connectivity index (χ3n) is 3.34. The molecule has 0 radical (unpaired) electrons. The van der Waals surface area contributed by atoms with Crippen molar-refractivity contribution < 1.29 is 9.31 Å². The van der Waals surface area contributed by atoms with Crippen LogP contribution in [-0.2, 0) is 9.31 Å². The fraction of sp³-hybridized carbons (Fsp3) is 0.417. The summed E-state index contributed by atoms with van der Waals surface area (Å²) in [5.41, 5.74) is 3.68. The van der Waals surface area contributed by atoms with E-state index in [1.807, 2.05) is 18.5 Å². The summed E-state index contributed by atoms with van der Waals surface area (Å²) < 4.78 is 13.0. The lowest BCUT2D eigenvalue weighted by Crippen LogP contribution is -2.34. The molecule has 1 aliphatic heterocycles. The second-order valence-corrected chi connectivity index (χ2v) is 5.80. The van der Waals surface area contributed by atoms with E-state index in [1.165, 1.54) is 4.70 Å². The van der Waals surface area contributed by atoms with Crippen LogP contribution >= 0.6 is 11.3 Å². The zero-order valence-electron chi connectivity index (χ0n) is 10.1. The number of nitrogens with zero attached hydrogens (tertiary/aromatic N) is 1. The van der Waals surface area contributed by atoms with E-state index < -0.39 is 0 Å². The van der Waals surface area contributed by atoms with Gasteiger partial charge in [0.25, 0.3) is 0 Å². The molecule has 0 saturated carbocycles. The highest BCUT2D eigenvalue weighted by atomic mass is 32.1. The highest BCUT2D eigenvalue weighted by Crippen LogP contribution is 2.27. The molecule has 1 aliphatic rings. The second-order valence-electron chi connectivity index (χ2n) is 4.91. The van der Waals surface area contributed by atoms with Crippen LogP contribution in [0.4, 0.5) is 0 Å². The van der Waals surface area contributed by atoms with Crippen molar-refractivity contribution in [1.29, 1.82) is 0 Å². The van der Waals surface area contributed by atoms with Gasteiger partial charge in [-0.25, -0.2) is 4.98 Å². The fourth-order valence-corrected chi connectivity index (χ4v) is 2.58. The molecule has 0 N–H and O–H groups in total. The van der Waals surface area contributed by atoms with E-state index in [2.05, 4.69) is 31.0 Å². The van der Waals surface area contributed by atoms with Crippen LogP contribution in [0, 0.1) is 0 Å². The van der Waals surface area contributed by atoms with Crippen molar-refractivity contribution in [1.82, 2.24) is 4.98 Å². The van der Waals surface area contributed by atoms with Gasteiger partial charge in [0.05, 0.1) is 27.4 Å². The van der Waals surface area contributed by atoms with Gasteiger partial charge >= 0.3 is 7.12 Å². The molecule has 1 aromatic heterocycles. The van der Waals surface area contributed by atoms with Crippen molar-refractivity contribution in [2.75, 3.05) is 0 Å². The SMILES string of the molecule is CC1OB(c2ccc3scnc3c2)OC1(C)C. The van der Waals surface area contributed by atoms with Gasteiger partial charge < -0.3 is 9.31 Å². The molecule has 5 heteroatoms. The average molecular weight is 247 g/mol. The molecule has 0 aliphatic carbocycles. The average Bonchev–Trinajstić information content (AvgIpc) is 2.83. The van der Waals surface area contributed by atoms with Crippen LogP contribution in [0.2, 0.25) is 0 Å². The maximum absolute atomic E-state index is 5.93. The first-order valence-electron chi connectivity index (χ1n) is 5.73. The molecule has 1 atom stereocenters. The largest absolute Gasteiger partial charge is 0.494 e. The smallest absolute Gasteiger partial charge is 0.402 e. The standard InChI is InChI=1S/C12H14BNO2S/c1-8-12(2,3)16-13(15-8)9-4-5-11-10(6-9)14-7-17-11/h4-8H,1-3H3. The van der Waals surface area contributed by atoms with Gasteiger partial charge in [0, 0.05) is 0 Å². The van der Waals surface area contributed by atoms with E-state index in [0.29, 0.717) is 0 Å². The summed E-state index contributed by atoms with van der Waals surface area (Å²) >= 11 is 1.65. The molecular formula is C12H14BNO2S. The first kappa shape index (κ1) is 11.2.